The maximum Gasteiger partial charge on any atom is 0.171 e. The van der Waals surface area contributed by atoms with Crippen LogP contribution in [0.2, 0.25) is 0 Å². The summed E-state index contributed by atoms with van der Waals surface area (Å²) in [4.78, 5) is 11.6. The Balaban J connectivity index is 3.19. The molecule has 0 atom stereocenters. The number of Topliss-reactive ketones (excluding diaryl/α,β-unsaturated/α-hetero) is 1. The molecule has 0 saturated carbocycles. The second kappa shape index (κ2) is 3.48. The zero-order valence-electron chi connectivity index (χ0n) is 8.40. The molecule has 3 heteroatoms. The van der Waals surface area contributed by atoms with Gasteiger partial charge in [-0.15, -0.1) is 0 Å². The van der Waals surface area contributed by atoms with Crippen LogP contribution in [0.15, 0.2) is 18.2 Å². The third kappa shape index (κ3) is 2.16. The first-order valence-electron chi connectivity index (χ1n) is 4.32. The van der Waals surface area contributed by atoms with Crippen molar-refractivity contribution in [3.05, 3.63) is 35.4 Å². The van der Waals surface area contributed by atoms with Crippen molar-refractivity contribution in [1.82, 2.24) is 0 Å². The van der Waals surface area contributed by atoms with Gasteiger partial charge in [0.05, 0.1) is 5.56 Å². The largest absolute Gasteiger partial charge is 0.293 e. The Morgan fingerprint density at radius 1 is 1.21 bits per heavy atom. The van der Waals surface area contributed by atoms with Gasteiger partial charge >= 0.3 is 0 Å². The molecule has 0 bridgehead atoms. The van der Waals surface area contributed by atoms with E-state index >= 15 is 0 Å². The van der Waals surface area contributed by atoms with Crippen molar-refractivity contribution >= 4 is 5.78 Å². The summed E-state index contributed by atoms with van der Waals surface area (Å²) in [6.45, 7) is 5.00. The molecule has 0 unspecified atom stereocenters. The van der Waals surface area contributed by atoms with Crippen molar-refractivity contribution in [3.63, 3.8) is 0 Å². The predicted molar refractivity (Wildman–Crippen MR) is 50.1 cm³/mol. The number of ketones is 1. The molecule has 1 rings (SSSR count). The van der Waals surface area contributed by atoms with Crippen molar-refractivity contribution in [2.75, 3.05) is 0 Å². The molecule has 0 amide bonds. The van der Waals surface area contributed by atoms with Crippen LogP contribution in [0.3, 0.4) is 0 Å². The highest BCUT2D eigenvalue weighted by molar-refractivity contribution is 5.99. The van der Waals surface area contributed by atoms with Gasteiger partial charge in [0.15, 0.2) is 5.78 Å². The molecule has 0 aliphatic carbocycles. The number of halogens is 2. The van der Waals surface area contributed by atoms with Crippen LogP contribution < -0.4 is 0 Å². The second-order valence-corrected chi connectivity index (χ2v) is 4.20. The van der Waals surface area contributed by atoms with E-state index < -0.39 is 22.8 Å². The van der Waals surface area contributed by atoms with Gasteiger partial charge in [-0.1, -0.05) is 20.8 Å². The molecule has 0 radical (unpaired) electrons. The summed E-state index contributed by atoms with van der Waals surface area (Å²) < 4.78 is 25.9. The average molecular weight is 198 g/mol. The summed E-state index contributed by atoms with van der Waals surface area (Å²) in [6, 6.07) is 2.89. The summed E-state index contributed by atoms with van der Waals surface area (Å²) in [6.07, 6.45) is 0. The lowest BCUT2D eigenvalue weighted by atomic mass is 9.86. The molecule has 1 nitrogen and oxygen atoms in total. The number of carbonyl (C=O) groups excluding carboxylic acids is 1. The molecule has 0 saturated heterocycles. The topological polar surface area (TPSA) is 17.1 Å². The van der Waals surface area contributed by atoms with Crippen LogP contribution in [0.25, 0.3) is 0 Å². The van der Waals surface area contributed by atoms with Gasteiger partial charge in [-0.3, -0.25) is 4.79 Å². The fourth-order valence-electron chi connectivity index (χ4n) is 1.08. The first kappa shape index (κ1) is 10.8. The summed E-state index contributed by atoms with van der Waals surface area (Å²) >= 11 is 0. The van der Waals surface area contributed by atoms with E-state index in [4.69, 9.17) is 0 Å². The minimum Gasteiger partial charge on any atom is -0.293 e. The number of hydrogen-bond donors (Lipinski definition) is 0. The molecule has 1 aromatic carbocycles. The molecule has 0 aliphatic heterocycles. The second-order valence-electron chi connectivity index (χ2n) is 4.20. The number of hydrogen-bond acceptors (Lipinski definition) is 1. The number of carbonyl (C=O) groups is 1. The van der Waals surface area contributed by atoms with Gasteiger partial charge < -0.3 is 0 Å². The zero-order chi connectivity index (χ0) is 10.9. The minimum atomic E-state index is -0.700. The maximum atomic E-state index is 13.2. The first-order valence-corrected chi connectivity index (χ1v) is 4.32. The molecular formula is C11H12F2O. The third-order valence-corrected chi connectivity index (χ3v) is 1.85. The Hall–Kier alpha value is -1.25. The number of rotatable bonds is 1. The standard InChI is InChI=1S/C11H12F2O/c1-11(2,3)10(14)8-6-7(12)4-5-9(8)13/h4-6H,1-3H3. The van der Waals surface area contributed by atoms with E-state index in [-0.39, 0.29) is 5.56 Å². The molecule has 0 fully saturated rings. The van der Waals surface area contributed by atoms with Gasteiger partial charge in [0.1, 0.15) is 11.6 Å². The minimum absolute atomic E-state index is 0.183. The van der Waals surface area contributed by atoms with E-state index in [1.54, 1.807) is 20.8 Å². The van der Waals surface area contributed by atoms with E-state index in [1.807, 2.05) is 0 Å². The predicted octanol–water partition coefficient (Wildman–Crippen LogP) is 3.19. The van der Waals surface area contributed by atoms with E-state index in [9.17, 15) is 13.6 Å². The lowest BCUT2D eigenvalue weighted by Crippen LogP contribution is -2.21. The van der Waals surface area contributed by atoms with Crippen LogP contribution in [-0.4, -0.2) is 5.78 Å². The average Bonchev–Trinajstić information content (AvgIpc) is 2.06. The molecule has 0 spiro atoms. The van der Waals surface area contributed by atoms with Gasteiger partial charge in [-0.05, 0) is 18.2 Å². The zero-order valence-corrected chi connectivity index (χ0v) is 8.40. The number of benzene rings is 1. The summed E-state index contributed by atoms with van der Waals surface area (Å²) in [5, 5.41) is 0. The van der Waals surface area contributed by atoms with E-state index in [0.717, 1.165) is 18.2 Å². The van der Waals surface area contributed by atoms with Crippen molar-refractivity contribution < 1.29 is 13.6 Å². The van der Waals surface area contributed by atoms with Crippen LogP contribution in [0.1, 0.15) is 31.1 Å². The molecule has 0 aliphatic rings. The maximum absolute atomic E-state index is 13.2. The van der Waals surface area contributed by atoms with Crippen molar-refractivity contribution in [1.29, 1.82) is 0 Å². The molecule has 0 heterocycles. The fourth-order valence-corrected chi connectivity index (χ4v) is 1.08. The van der Waals surface area contributed by atoms with Crippen molar-refractivity contribution in [2.24, 2.45) is 5.41 Å². The third-order valence-electron chi connectivity index (χ3n) is 1.85. The Morgan fingerprint density at radius 2 is 1.79 bits per heavy atom. The monoisotopic (exact) mass is 198 g/mol. The van der Waals surface area contributed by atoms with Crippen LogP contribution in [0.4, 0.5) is 8.78 Å². The highest BCUT2D eigenvalue weighted by atomic mass is 19.1. The molecule has 0 aromatic heterocycles. The van der Waals surface area contributed by atoms with E-state index in [0.29, 0.717) is 0 Å². The van der Waals surface area contributed by atoms with Gasteiger partial charge in [0.2, 0.25) is 0 Å². The highest BCUT2D eigenvalue weighted by Gasteiger charge is 2.25. The summed E-state index contributed by atoms with van der Waals surface area (Å²) in [5.74, 6) is -1.67. The lowest BCUT2D eigenvalue weighted by Gasteiger charge is -2.16. The highest BCUT2D eigenvalue weighted by Crippen LogP contribution is 2.22. The molecule has 76 valence electrons. The Kier molecular flexibility index (Phi) is 2.69. The van der Waals surface area contributed by atoms with Crippen LogP contribution in [0.5, 0.6) is 0 Å². The summed E-state index contributed by atoms with van der Waals surface area (Å²) in [7, 11) is 0. The lowest BCUT2D eigenvalue weighted by molar-refractivity contribution is 0.0853. The molecule has 1 aromatic rings. The van der Waals surface area contributed by atoms with Crippen molar-refractivity contribution in [2.45, 2.75) is 20.8 Å². The smallest absolute Gasteiger partial charge is 0.171 e. The van der Waals surface area contributed by atoms with Crippen LogP contribution >= 0.6 is 0 Å². The van der Waals surface area contributed by atoms with Crippen LogP contribution in [0, 0.1) is 17.0 Å². The van der Waals surface area contributed by atoms with E-state index in [2.05, 4.69) is 0 Å². The SMILES string of the molecule is CC(C)(C)C(=O)c1cc(F)ccc1F. The summed E-state index contributed by atoms with van der Waals surface area (Å²) in [5.41, 5.74) is -0.883. The quantitative estimate of drug-likeness (QED) is 0.633. The normalized spacial score (nSPS) is 11.5. The Bertz CT molecular complexity index is 364. The van der Waals surface area contributed by atoms with Gasteiger partial charge in [-0.25, -0.2) is 8.78 Å². The fraction of sp³-hybridized carbons (Fsp3) is 0.364. The van der Waals surface area contributed by atoms with Crippen LogP contribution in [-0.2, 0) is 0 Å². The van der Waals surface area contributed by atoms with E-state index in [1.165, 1.54) is 0 Å². The van der Waals surface area contributed by atoms with Gasteiger partial charge in [0.25, 0.3) is 0 Å². The Labute approximate surface area is 81.7 Å². The molecular weight excluding hydrogens is 186 g/mol. The Morgan fingerprint density at radius 3 is 2.29 bits per heavy atom. The van der Waals surface area contributed by atoms with Gasteiger partial charge in [0, 0.05) is 5.41 Å². The molecule has 14 heavy (non-hydrogen) atoms. The molecule has 0 N–H and O–H groups in total. The van der Waals surface area contributed by atoms with Crippen molar-refractivity contribution in [3.8, 4) is 0 Å². The van der Waals surface area contributed by atoms with Gasteiger partial charge in [-0.2, -0.15) is 0 Å². The first-order chi connectivity index (χ1) is 6.32.